The Morgan fingerprint density at radius 2 is 1.54 bits per heavy atom. The lowest BCUT2D eigenvalue weighted by atomic mass is 10.1. The summed E-state index contributed by atoms with van der Waals surface area (Å²) in [6.07, 6.45) is 9.99. The van der Waals surface area contributed by atoms with E-state index < -0.39 is 0 Å². The van der Waals surface area contributed by atoms with Crippen molar-refractivity contribution in [1.82, 2.24) is 0 Å². The van der Waals surface area contributed by atoms with Gasteiger partial charge in [0.25, 0.3) is 0 Å². The van der Waals surface area contributed by atoms with Crippen molar-refractivity contribution in [2.45, 2.75) is 19.3 Å². The molecule has 0 aliphatic heterocycles. The maximum Gasteiger partial charge on any atom is 0.305 e. The third-order valence-electron chi connectivity index (χ3n) is 3.12. The number of carbonyl (C=O) groups is 3. The summed E-state index contributed by atoms with van der Waals surface area (Å²) in [5.41, 5.74) is 0. The Bertz CT molecular complexity index is 687. The molecule has 0 radical (unpaired) electrons. The fourth-order valence-electron chi connectivity index (χ4n) is 1.78. The number of esters is 1. The first-order valence-corrected chi connectivity index (χ1v) is 8.03. The third-order valence-corrected chi connectivity index (χ3v) is 3.12. The fourth-order valence-corrected chi connectivity index (χ4v) is 1.78. The Labute approximate surface area is 151 Å². The van der Waals surface area contributed by atoms with Crippen LogP contribution in [0.25, 0.3) is 0 Å². The van der Waals surface area contributed by atoms with Crippen LogP contribution in [-0.4, -0.2) is 31.3 Å². The number of benzene rings is 1. The van der Waals surface area contributed by atoms with E-state index in [1.807, 2.05) is 0 Å². The molecule has 0 heterocycles. The number of methoxy groups -OCH3 is 1. The predicted molar refractivity (Wildman–Crippen MR) is 95.2 cm³/mol. The van der Waals surface area contributed by atoms with Gasteiger partial charge >= 0.3 is 5.97 Å². The Hall–Kier alpha value is -3.02. The number of ketones is 2. The van der Waals surface area contributed by atoms with Gasteiger partial charge in [-0.15, -0.1) is 0 Å². The molecule has 1 aromatic carbocycles. The van der Waals surface area contributed by atoms with Crippen LogP contribution in [0.15, 0.2) is 60.7 Å². The highest BCUT2D eigenvalue weighted by Gasteiger charge is 2.02. The average molecular weight is 360 g/mol. The van der Waals surface area contributed by atoms with Gasteiger partial charge in [0.15, 0.2) is 18.2 Å². The van der Waals surface area contributed by atoms with Crippen LogP contribution in [0.3, 0.4) is 0 Å². The van der Waals surface area contributed by atoms with E-state index in [1.165, 1.54) is 49.6 Å². The highest BCUT2D eigenvalue weighted by molar-refractivity contribution is 5.91. The second kappa shape index (κ2) is 12.4. The molecule has 0 amide bonds. The van der Waals surface area contributed by atoms with Crippen molar-refractivity contribution in [2.75, 3.05) is 13.7 Å². The van der Waals surface area contributed by atoms with E-state index >= 15 is 0 Å². The first-order valence-electron chi connectivity index (χ1n) is 8.03. The van der Waals surface area contributed by atoms with Crippen LogP contribution >= 0.6 is 0 Å². The van der Waals surface area contributed by atoms with Crippen LogP contribution in [0.2, 0.25) is 0 Å². The van der Waals surface area contributed by atoms with Gasteiger partial charge in [-0.1, -0.05) is 24.3 Å². The van der Waals surface area contributed by atoms with Gasteiger partial charge in [-0.05, 0) is 42.8 Å². The summed E-state index contributed by atoms with van der Waals surface area (Å²) in [4.78, 5) is 34.0. The van der Waals surface area contributed by atoms with Gasteiger partial charge in [-0.2, -0.15) is 0 Å². The molecule has 1 rings (SSSR count). The maximum absolute atomic E-state index is 12.7. The van der Waals surface area contributed by atoms with Crippen molar-refractivity contribution in [1.29, 1.82) is 0 Å². The van der Waals surface area contributed by atoms with E-state index in [-0.39, 0.29) is 42.8 Å². The van der Waals surface area contributed by atoms with E-state index in [0.29, 0.717) is 12.2 Å². The Morgan fingerprint density at radius 1 is 0.923 bits per heavy atom. The second-order valence-corrected chi connectivity index (χ2v) is 5.21. The Morgan fingerprint density at radius 3 is 2.15 bits per heavy atom. The van der Waals surface area contributed by atoms with Crippen LogP contribution in [0.4, 0.5) is 4.39 Å². The third kappa shape index (κ3) is 9.97. The molecule has 0 aliphatic carbocycles. The lowest BCUT2D eigenvalue weighted by Crippen LogP contribution is -2.07. The number of hydrogen-bond acceptors (Lipinski definition) is 5. The van der Waals surface area contributed by atoms with Gasteiger partial charge in [0.2, 0.25) is 0 Å². The molecule has 1 aromatic rings. The van der Waals surface area contributed by atoms with E-state index in [2.05, 4.69) is 4.74 Å². The zero-order valence-electron chi connectivity index (χ0n) is 14.5. The van der Waals surface area contributed by atoms with Crippen LogP contribution in [-0.2, 0) is 19.1 Å². The predicted octanol–water partition coefficient (Wildman–Crippen LogP) is 3.35. The molecule has 26 heavy (non-hydrogen) atoms. The number of carbonyl (C=O) groups excluding carboxylic acids is 3. The molecule has 0 fully saturated rings. The maximum atomic E-state index is 12.7. The zero-order chi connectivity index (χ0) is 19.2. The van der Waals surface area contributed by atoms with Gasteiger partial charge in [-0.25, -0.2) is 4.39 Å². The minimum absolute atomic E-state index is 0.0914. The number of rotatable bonds is 11. The van der Waals surface area contributed by atoms with Crippen molar-refractivity contribution < 1.29 is 28.2 Å². The summed E-state index contributed by atoms with van der Waals surface area (Å²) in [6, 6.07) is 5.39. The molecule has 0 saturated carbocycles. The first kappa shape index (κ1) is 21.0. The first-order chi connectivity index (χ1) is 12.5. The second-order valence-electron chi connectivity index (χ2n) is 5.21. The Kier molecular flexibility index (Phi) is 9.99. The summed E-state index contributed by atoms with van der Waals surface area (Å²) in [6.45, 7) is -0.148. The minimum atomic E-state index is -0.372. The topological polar surface area (TPSA) is 69.7 Å². The molecule has 0 saturated heterocycles. The quantitative estimate of drug-likeness (QED) is 0.344. The van der Waals surface area contributed by atoms with Crippen molar-refractivity contribution in [3.63, 3.8) is 0 Å². The van der Waals surface area contributed by atoms with E-state index in [0.717, 1.165) is 0 Å². The lowest BCUT2D eigenvalue weighted by Gasteiger charge is -2.02. The minimum Gasteiger partial charge on any atom is -0.485 e. The van der Waals surface area contributed by atoms with Crippen LogP contribution in [0.1, 0.15) is 19.3 Å². The molecular formula is C20H21FO5. The molecule has 138 valence electrons. The van der Waals surface area contributed by atoms with Crippen molar-refractivity contribution in [2.24, 2.45) is 0 Å². The molecule has 0 bridgehead atoms. The SMILES string of the molecule is COC(=O)CCCC(=O)/C=C/C=C/C=C/C(=O)COc1ccc(F)cc1. The molecule has 0 N–H and O–H groups in total. The smallest absolute Gasteiger partial charge is 0.305 e. The van der Waals surface area contributed by atoms with Gasteiger partial charge in [0.05, 0.1) is 7.11 Å². The number of allylic oxidation sites excluding steroid dienone is 5. The van der Waals surface area contributed by atoms with Crippen molar-refractivity contribution >= 4 is 17.5 Å². The largest absolute Gasteiger partial charge is 0.485 e. The number of ether oxygens (including phenoxy) is 2. The van der Waals surface area contributed by atoms with Crippen LogP contribution in [0, 0.1) is 5.82 Å². The number of hydrogen-bond donors (Lipinski definition) is 0. The normalized spacial score (nSPS) is 11.3. The van der Waals surface area contributed by atoms with Gasteiger partial charge < -0.3 is 9.47 Å². The molecule has 0 aliphatic rings. The van der Waals surface area contributed by atoms with E-state index in [1.54, 1.807) is 18.2 Å². The van der Waals surface area contributed by atoms with Crippen molar-refractivity contribution in [3.05, 3.63) is 66.5 Å². The highest BCUT2D eigenvalue weighted by Crippen LogP contribution is 2.10. The summed E-state index contributed by atoms with van der Waals surface area (Å²) < 4.78 is 22.4. The zero-order valence-corrected chi connectivity index (χ0v) is 14.5. The number of halogens is 1. The summed E-state index contributed by atoms with van der Waals surface area (Å²) >= 11 is 0. The summed E-state index contributed by atoms with van der Waals surface area (Å²) in [7, 11) is 1.31. The van der Waals surface area contributed by atoms with Crippen LogP contribution in [0.5, 0.6) is 5.75 Å². The average Bonchev–Trinajstić information content (AvgIpc) is 2.63. The molecule has 0 atom stereocenters. The molecule has 0 unspecified atom stereocenters. The highest BCUT2D eigenvalue weighted by atomic mass is 19.1. The fraction of sp³-hybridized carbons (Fsp3) is 0.250. The molecular weight excluding hydrogens is 339 g/mol. The van der Waals surface area contributed by atoms with E-state index in [4.69, 9.17) is 4.74 Å². The summed E-state index contributed by atoms with van der Waals surface area (Å²) in [5.74, 6) is -0.630. The molecule has 6 heteroatoms. The van der Waals surface area contributed by atoms with Gasteiger partial charge in [0, 0.05) is 12.8 Å². The molecule has 5 nitrogen and oxygen atoms in total. The molecule has 0 spiro atoms. The lowest BCUT2D eigenvalue weighted by molar-refractivity contribution is -0.140. The molecule has 0 aromatic heterocycles. The summed E-state index contributed by atoms with van der Waals surface area (Å²) in [5, 5.41) is 0. The monoisotopic (exact) mass is 360 g/mol. The van der Waals surface area contributed by atoms with Crippen molar-refractivity contribution in [3.8, 4) is 5.75 Å². The Balaban J connectivity index is 2.22. The van der Waals surface area contributed by atoms with E-state index in [9.17, 15) is 18.8 Å². The standard InChI is InChI=1S/C20H21FO5/c1-25-20(24)10-6-9-17(22)7-4-2-3-5-8-18(23)15-26-19-13-11-16(21)12-14-19/h2-5,7-8,11-14H,6,9-10,15H2,1H3/b3-2+,7-4+,8-5+. The van der Waals surface area contributed by atoms with Crippen LogP contribution < -0.4 is 4.74 Å². The van der Waals surface area contributed by atoms with Gasteiger partial charge in [-0.3, -0.25) is 14.4 Å². The van der Waals surface area contributed by atoms with Gasteiger partial charge in [0.1, 0.15) is 11.6 Å².